The van der Waals surface area contributed by atoms with Crippen LogP contribution in [0.2, 0.25) is 0 Å². The van der Waals surface area contributed by atoms with Gasteiger partial charge in [-0.2, -0.15) is 0 Å². The van der Waals surface area contributed by atoms with Gasteiger partial charge in [0.2, 0.25) is 0 Å². The molecule has 1 heterocycles. The molecule has 1 aliphatic carbocycles. The van der Waals surface area contributed by atoms with Crippen LogP contribution in [-0.4, -0.2) is 22.9 Å². The van der Waals surface area contributed by atoms with Crippen molar-refractivity contribution in [2.24, 2.45) is 5.92 Å². The highest BCUT2D eigenvalue weighted by molar-refractivity contribution is 5.97. The molecular weight excluding hydrogens is 252 g/mol. The molecule has 0 saturated heterocycles. The Labute approximate surface area is 120 Å². The van der Waals surface area contributed by atoms with E-state index in [1.165, 1.54) is 6.07 Å². The van der Waals surface area contributed by atoms with Gasteiger partial charge in [-0.1, -0.05) is 20.8 Å². The van der Waals surface area contributed by atoms with Gasteiger partial charge in [-0.05, 0) is 31.4 Å². The Morgan fingerprint density at radius 3 is 2.65 bits per heavy atom. The van der Waals surface area contributed by atoms with E-state index in [-0.39, 0.29) is 11.3 Å². The van der Waals surface area contributed by atoms with E-state index in [0.29, 0.717) is 24.9 Å². The molecule has 0 fully saturated rings. The zero-order chi connectivity index (χ0) is 14.7. The lowest BCUT2D eigenvalue weighted by molar-refractivity contribution is 0.0970. The summed E-state index contributed by atoms with van der Waals surface area (Å²) in [6.07, 6.45) is 2.30. The van der Waals surface area contributed by atoms with Gasteiger partial charge in [0.1, 0.15) is 0 Å². The Hall–Kier alpha value is -1.42. The average Bonchev–Trinajstić information content (AvgIpc) is 2.40. The molecular formula is C16H24N2O2. The highest BCUT2D eigenvalue weighted by Gasteiger charge is 2.21. The zero-order valence-corrected chi connectivity index (χ0v) is 12.6. The Morgan fingerprint density at radius 2 is 1.95 bits per heavy atom. The summed E-state index contributed by atoms with van der Waals surface area (Å²) in [6, 6.07) is 3.68. The van der Waals surface area contributed by atoms with Crippen LogP contribution in [-0.2, 0) is 13.0 Å². The first kappa shape index (κ1) is 15.0. The van der Waals surface area contributed by atoms with Crippen molar-refractivity contribution >= 4 is 5.78 Å². The smallest absolute Gasteiger partial charge is 0.250 e. The third kappa shape index (κ3) is 3.37. The summed E-state index contributed by atoms with van der Waals surface area (Å²) >= 11 is 0. The predicted molar refractivity (Wildman–Crippen MR) is 80.3 cm³/mol. The number of hydrogen-bond acceptors (Lipinski definition) is 3. The summed E-state index contributed by atoms with van der Waals surface area (Å²) < 4.78 is 1.80. The standard InChI is InChI=1S/C16H24N2O2/c1-11(2)17-9-12(3)10-18-14-5-4-6-15(19)13(14)7-8-16(18)20/h7-8,11-12,17H,4-6,9-10H2,1-3H3. The predicted octanol–water partition coefficient (Wildman–Crippen LogP) is 2.00. The Morgan fingerprint density at radius 1 is 1.20 bits per heavy atom. The molecule has 2 rings (SSSR count). The van der Waals surface area contributed by atoms with Crippen molar-refractivity contribution in [1.29, 1.82) is 0 Å². The van der Waals surface area contributed by atoms with E-state index < -0.39 is 0 Å². The SMILES string of the molecule is CC(CNC(C)C)Cn1c2c(ccc1=O)C(=O)CCC2. The third-order valence-electron chi connectivity index (χ3n) is 3.78. The zero-order valence-electron chi connectivity index (χ0n) is 12.6. The molecule has 0 radical (unpaired) electrons. The quantitative estimate of drug-likeness (QED) is 0.895. The lowest BCUT2D eigenvalue weighted by atomic mass is 9.94. The van der Waals surface area contributed by atoms with Crippen LogP contribution < -0.4 is 10.9 Å². The molecule has 4 heteroatoms. The van der Waals surface area contributed by atoms with Gasteiger partial charge in [0.25, 0.3) is 5.56 Å². The highest BCUT2D eigenvalue weighted by Crippen LogP contribution is 2.20. The van der Waals surface area contributed by atoms with Crippen LogP contribution in [0, 0.1) is 5.92 Å². The van der Waals surface area contributed by atoms with E-state index in [4.69, 9.17) is 0 Å². The van der Waals surface area contributed by atoms with Crippen molar-refractivity contribution in [2.75, 3.05) is 6.54 Å². The molecule has 0 aliphatic heterocycles. The normalized spacial score (nSPS) is 16.3. The number of hydrogen-bond donors (Lipinski definition) is 1. The number of Topliss-reactive ketones (excluding diaryl/α,β-unsaturated/α-hetero) is 1. The summed E-state index contributed by atoms with van der Waals surface area (Å²) in [5.41, 5.74) is 1.69. The van der Waals surface area contributed by atoms with Gasteiger partial charge < -0.3 is 9.88 Å². The lowest BCUT2D eigenvalue weighted by Crippen LogP contribution is -2.34. The largest absolute Gasteiger partial charge is 0.314 e. The molecule has 0 aromatic carbocycles. The van der Waals surface area contributed by atoms with Crippen LogP contribution in [0.5, 0.6) is 0 Å². The molecule has 1 aliphatic rings. The average molecular weight is 276 g/mol. The van der Waals surface area contributed by atoms with Gasteiger partial charge in [0, 0.05) is 36.3 Å². The Balaban J connectivity index is 2.21. The molecule has 0 saturated carbocycles. The molecule has 1 N–H and O–H groups in total. The second kappa shape index (κ2) is 6.35. The maximum Gasteiger partial charge on any atom is 0.250 e. The van der Waals surface area contributed by atoms with Crippen LogP contribution in [0.4, 0.5) is 0 Å². The van der Waals surface area contributed by atoms with E-state index in [9.17, 15) is 9.59 Å². The Bertz CT molecular complexity index is 546. The third-order valence-corrected chi connectivity index (χ3v) is 3.78. The van der Waals surface area contributed by atoms with Crippen LogP contribution in [0.15, 0.2) is 16.9 Å². The molecule has 4 nitrogen and oxygen atoms in total. The van der Waals surface area contributed by atoms with Crippen LogP contribution in [0.3, 0.4) is 0 Å². The van der Waals surface area contributed by atoms with E-state index in [1.54, 1.807) is 10.6 Å². The van der Waals surface area contributed by atoms with Gasteiger partial charge in [-0.25, -0.2) is 0 Å². The fourth-order valence-corrected chi connectivity index (χ4v) is 2.71. The number of carbonyl (C=O) groups is 1. The summed E-state index contributed by atoms with van der Waals surface area (Å²) in [7, 11) is 0. The summed E-state index contributed by atoms with van der Waals surface area (Å²) in [6.45, 7) is 7.91. The van der Waals surface area contributed by atoms with Crippen LogP contribution in [0.25, 0.3) is 0 Å². The number of fused-ring (bicyclic) bond motifs is 1. The maximum absolute atomic E-state index is 12.1. The molecule has 1 aromatic rings. The minimum absolute atomic E-state index is 0.00912. The fraction of sp³-hybridized carbons (Fsp3) is 0.625. The fourth-order valence-electron chi connectivity index (χ4n) is 2.71. The Kier molecular flexibility index (Phi) is 4.76. The first-order valence-corrected chi connectivity index (χ1v) is 7.48. The number of ketones is 1. The molecule has 20 heavy (non-hydrogen) atoms. The first-order valence-electron chi connectivity index (χ1n) is 7.48. The second-order valence-corrected chi connectivity index (χ2v) is 6.09. The van der Waals surface area contributed by atoms with Crippen molar-refractivity contribution in [3.8, 4) is 0 Å². The van der Waals surface area contributed by atoms with Gasteiger partial charge >= 0.3 is 0 Å². The van der Waals surface area contributed by atoms with Crippen molar-refractivity contribution in [1.82, 2.24) is 9.88 Å². The molecule has 1 atom stereocenters. The van der Waals surface area contributed by atoms with Crippen molar-refractivity contribution in [2.45, 2.75) is 52.6 Å². The van der Waals surface area contributed by atoms with Crippen LogP contribution >= 0.6 is 0 Å². The van der Waals surface area contributed by atoms with Gasteiger partial charge in [-0.15, -0.1) is 0 Å². The minimum Gasteiger partial charge on any atom is -0.314 e. The molecule has 0 amide bonds. The van der Waals surface area contributed by atoms with Crippen molar-refractivity contribution in [3.05, 3.63) is 33.7 Å². The van der Waals surface area contributed by atoms with Gasteiger partial charge in [0.15, 0.2) is 5.78 Å². The molecule has 0 spiro atoms. The number of nitrogens with one attached hydrogen (secondary N) is 1. The summed E-state index contributed by atoms with van der Waals surface area (Å²) in [4.78, 5) is 24.0. The van der Waals surface area contributed by atoms with E-state index >= 15 is 0 Å². The lowest BCUT2D eigenvalue weighted by Gasteiger charge is -2.23. The highest BCUT2D eigenvalue weighted by atomic mass is 16.1. The topological polar surface area (TPSA) is 51.1 Å². The molecule has 0 bridgehead atoms. The van der Waals surface area contributed by atoms with Gasteiger partial charge in [0.05, 0.1) is 0 Å². The number of pyridine rings is 1. The number of rotatable bonds is 5. The minimum atomic E-state index is 0.00912. The molecule has 110 valence electrons. The number of aromatic nitrogens is 1. The maximum atomic E-state index is 12.1. The summed E-state index contributed by atoms with van der Waals surface area (Å²) in [5.74, 6) is 0.534. The van der Waals surface area contributed by atoms with E-state index in [2.05, 4.69) is 26.1 Å². The van der Waals surface area contributed by atoms with E-state index in [0.717, 1.165) is 30.6 Å². The first-order chi connectivity index (χ1) is 9.49. The number of nitrogens with zero attached hydrogens (tertiary/aromatic N) is 1. The monoisotopic (exact) mass is 276 g/mol. The van der Waals surface area contributed by atoms with Crippen molar-refractivity contribution in [3.63, 3.8) is 0 Å². The van der Waals surface area contributed by atoms with Gasteiger partial charge in [-0.3, -0.25) is 9.59 Å². The number of carbonyl (C=O) groups excluding carboxylic acids is 1. The van der Waals surface area contributed by atoms with Crippen molar-refractivity contribution < 1.29 is 4.79 Å². The summed E-state index contributed by atoms with van der Waals surface area (Å²) in [5, 5.41) is 3.39. The molecule has 1 aromatic heterocycles. The second-order valence-electron chi connectivity index (χ2n) is 6.09. The van der Waals surface area contributed by atoms with Crippen LogP contribution in [0.1, 0.15) is 49.7 Å². The van der Waals surface area contributed by atoms with E-state index in [1.807, 2.05) is 0 Å². The molecule has 1 unspecified atom stereocenters.